The van der Waals surface area contributed by atoms with Crippen molar-refractivity contribution in [3.05, 3.63) is 40.9 Å². The van der Waals surface area contributed by atoms with Gasteiger partial charge in [0.1, 0.15) is 24.5 Å². The van der Waals surface area contributed by atoms with E-state index in [2.05, 4.69) is 15.4 Å². The second kappa shape index (κ2) is 7.94. The average molecular weight is 338 g/mol. The molecule has 0 saturated carbocycles. The largest absolute Gasteiger partial charge is 0.491 e. The Kier molecular flexibility index (Phi) is 5.95. The second-order valence-electron chi connectivity index (χ2n) is 4.91. The van der Waals surface area contributed by atoms with E-state index in [0.29, 0.717) is 41.9 Å². The maximum atomic E-state index is 12.5. The van der Waals surface area contributed by atoms with Gasteiger partial charge in [0.2, 0.25) is 0 Å². The summed E-state index contributed by atoms with van der Waals surface area (Å²) in [4.78, 5) is 16.7. The highest BCUT2D eigenvalue weighted by atomic mass is 35.5. The molecule has 0 bridgehead atoms. The first-order chi connectivity index (χ1) is 11.1. The lowest BCUT2D eigenvalue weighted by Crippen LogP contribution is -2.29. The van der Waals surface area contributed by atoms with Crippen LogP contribution >= 0.6 is 11.6 Å². The third kappa shape index (κ3) is 4.20. The molecule has 1 aromatic carbocycles. The summed E-state index contributed by atoms with van der Waals surface area (Å²) in [7, 11) is 0. The van der Waals surface area contributed by atoms with Crippen molar-refractivity contribution in [1.82, 2.24) is 20.1 Å². The minimum atomic E-state index is -0.300. The van der Waals surface area contributed by atoms with Crippen molar-refractivity contribution >= 4 is 17.5 Å². The molecule has 23 heavy (non-hydrogen) atoms. The van der Waals surface area contributed by atoms with Gasteiger partial charge < -0.3 is 15.8 Å². The van der Waals surface area contributed by atoms with Crippen molar-refractivity contribution < 1.29 is 9.53 Å². The van der Waals surface area contributed by atoms with E-state index in [1.165, 1.54) is 6.33 Å². The van der Waals surface area contributed by atoms with Crippen LogP contribution in [0, 0.1) is 0 Å². The summed E-state index contributed by atoms with van der Waals surface area (Å²) in [6, 6.07) is 4.60. The Morgan fingerprint density at radius 1 is 1.52 bits per heavy atom. The first-order valence-electron chi connectivity index (χ1n) is 7.37. The van der Waals surface area contributed by atoms with Crippen LogP contribution in [0.3, 0.4) is 0 Å². The van der Waals surface area contributed by atoms with E-state index in [1.54, 1.807) is 22.9 Å². The van der Waals surface area contributed by atoms with Crippen LogP contribution in [0.4, 0.5) is 0 Å². The zero-order valence-corrected chi connectivity index (χ0v) is 13.9. The van der Waals surface area contributed by atoms with Crippen LogP contribution in [0.5, 0.6) is 5.75 Å². The molecule has 0 fully saturated rings. The molecule has 2 aromatic rings. The van der Waals surface area contributed by atoms with Crippen LogP contribution in [-0.4, -0.2) is 33.8 Å². The fourth-order valence-electron chi connectivity index (χ4n) is 2.17. The first-order valence-corrected chi connectivity index (χ1v) is 7.75. The number of carbonyl (C=O) groups is 1. The Morgan fingerprint density at radius 3 is 3.00 bits per heavy atom. The molecule has 7 nitrogen and oxygen atoms in total. The van der Waals surface area contributed by atoms with Crippen LogP contribution in [0.2, 0.25) is 5.02 Å². The molecular formula is C15H20ClN5O2. The van der Waals surface area contributed by atoms with E-state index in [0.717, 1.165) is 0 Å². The van der Waals surface area contributed by atoms with Crippen molar-refractivity contribution in [2.24, 2.45) is 5.73 Å². The lowest BCUT2D eigenvalue weighted by Gasteiger charge is -2.16. The number of aromatic nitrogens is 3. The third-order valence-corrected chi connectivity index (χ3v) is 3.48. The van der Waals surface area contributed by atoms with Gasteiger partial charge in [-0.25, -0.2) is 9.67 Å². The molecule has 124 valence electrons. The SMILES string of the molecule is CCn1ncnc1C(C)NC(=O)c1cc(Cl)ccc1OCCN. The number of benzene rings is 1. The number of hydrogen-bond acceptors (Lipinski definition) is 5. The first kappa shape index (κ1) is 17.2. The summed E-state index contributed by atoms with van der Waals surface area (Å²) in [5.74, 6) is 0.839. The molecule has 0 radical (unpaired) electrons. The molecule has 8 heteroatoms. The Bertz CT molecular complexity index is 674. The zero-order valence-electron chi connectivity index (χ0n) is 13.1. The normalized spacial score (nSPS) is 12.0. The maximum absolute atomic E-state index is 12.5. The summed E-state index contributed by atoms with van der Waals surface area (Å²) >= 11 is 5.99. The quantitative estimate of drug-likeness (QED) is 0.803. The van der Waals surface area contributed by atoms with Gasteiger partial charge in [0, 0.05) is 18.1 Å². The van der Waals surface area contributed by atoms with Gasteiger partial charge in [0.05, 0.1) is 11.6 Å². The van der Waals surface area contributed by atoms with Crippen LogP contribution < -0.4 is 15.8 Å². The van der Waals surface area contributed by atoms with Crippen molar-refractivity contribution in [3.8, 4) is 5.75 Å². The number of ether oxygens (including phenoxy) is 1. The van der Waals surface area contributed by atoms with Crippen LogP contribution in [-0.2, 0) is 6.54 Å². The Morgan fingerprint density at radius 2 is 2.30 bits per heavy atom. The molecule has 1 amide bonds. The van der Waals surface area contributed by atoms with E-state index in [9.17, 15) is 4.79 Å². The zero-order chi connectivity index (χ0) is 16.8. The van der Waals surface area contributed by atoms with E-state index >= 15 is 0 Å². The topological polar surface area (TPSA) is 95.1 Å². The van der Waals surface area contributed by atoms with Crippen molar-refractivity contribution in [2.45, 2.75) is 26.4 Å². The predicted octanol–water partition coefficient (Wildman–Crippen LogP) is 1.78. The highest BCUT2D eigenvalue weighted by Gasteiger charge is 2.19. The Labute approximate surface area is 139 Å². The summed E-state index contributed by atoms with van der Waals surface area (Å²) in [6.45, 7) is 5.17. The molecule has 1 unspecified atom stereocenters. The van der Waals surface area contributed by atoms with Crippen LogP contribution in [0.25, 0.3) is 0 Å². The monoisotopic (exact) mass is 337 g/mol. The van der Waals surface area contributed by atoms with Gasteiger partial charge >= 0.3 is 0 Å². The van der Waals surface area contributed by atoms with E-state index in [-0.39, 0.29) is 11.9 Å². The standard InChI is InChI=1S/C15H20ClN5O2/c1-3-21-14(18-9-19-21)10(2)20-15(22)12-8-11(16)4-5-13(12)23-7-6-17/h4-5,8-10H,3,6-7,17H2,1-2H3,(H,20,22). The summed E-state index contributed by atoms with van der Waals surface area (Å²) in [5.41, 5.74) is 5.80. The summed E-state index contributed by atoms with van der Waals surface area (Å²) in [5, 5.41) is 7.45. The van der Waals surface area contributed by atoms with Gasteiger partial charge in [-0.1, -0.05) is 11.6 Å². The number of nitrogens with zero attached hydrogens (tertiary/aromatic N) is 3. The minimum absolute atomic E-state index is 0.294. The van der Waals surface area contributed by atoms with E-state index in [1.807, 2.05) is 13.8 Å². The summed E-state index contributed by atoms with van der Waals surface area (Å²) < 4.78 is 7.23. The number of rotatable bonds is 7. The molecule has 2 rings (SSSR count). The molecule has 1 heterocycles. The van der Waals surface area contributed by atoms with Gasteiger partial charge in [-0.05, 0) is 32.0 Å². The van der Waals surface area contributed by atoms with Gasteiger partial charge in [-0.15, -0.1) is 0 Å². The van der Waals surface area contributed by atoms with Gasteiger partial charge in [0.15, 0.2) is 0 Å². The van der Waals surface area contributed by atoms with Crippen molar-refractivity contribution in [3.63, 3.8) is 0 Å². The molecule has 0 saturated heterocycles. The molecule has 1 aromatic heterocycles. The van der Waals surface area contributed by atoms with Crippen LogP contribution in [0.15, 0.2) is 24.5 Å². The number of aryl methyl sites for hydroxylation is 1. The van der Waals surface area contributed by atoms with Gasteiger partial charge in [-0.2, -0.15) is 5.10 Å². The van der Waals surface area contributed by atoms with Crippen LogP contribution in [0.1, 0.15) is 36.1 Å². The fraction of sp³-hybridized carbons (Fsp3) is 0.400. The van der Waals surface area contributed by atoms with Crippen molar-refractivity contribution in [2.75, 3.05) is 13.2 Å². The lowest BCUT2D eigenvalue weighted by molar-refractivity contribution is 0.0933. The highest BCUT2D eigenvalue weighted by Crippen LogP contribution is 2.23. The molecule has 3 N–H and O–H groups in total. The number of amides is 1. The smallest absolute Gasteiger partial charge is 0.255 e. The molecule has 1 atom stereocenters. The van der Waals surface area contributed by atoms with Crippen molar-refractivity contribution in [1.29, 1.82) is 0 Å². The molecule has 0 aliphatic rings. The van der Waals surface area contributed by atoms with E-state index in [4.69, 9.17) is 22.1 Å². The number of nitrogens with two attached hydrogens (primary N) is 1. The fourth-order valence-corrected chi connectivity index (χ4v) is 2.34. The Balaban J connectivity index is 2.18. The maximum Gasteiger partial charge on any atom is 0.255 e. The number of hydrogen-bond donors (Lipinski definition) is 2. The molecule has 0 spiro atoms. The minimum Gasteiger partial charge on any atom is -0.491 e. The Hall–Kier alpha value is -2.12. The molecular weight excluding hydrogens is 318 g/mol. The predicted molar refractivity (Wildman–Crippen MR) is 87.6 cm³/mol. The van der Waals surface area contributed by atoms with Gasteiger partial charge in [0.25, 0.3) is 5.91 Å². The lowest BCUT2D eigenvalue weighted by atomic mass is 10.1. The van der Waals surface area contributed by atoms with E-state index < -0.39 is 0 Å². The highest BCUT2D eigenvalue weighted by molar-refractivity contribution is 6.31. The number of carbonyl (C=O) groups excluding carboxylic acids is 1. The second-order valence-corrected chi connectivity index (χ2v) is 5.34. The number of nitrogens with one attached hydrogen (secondary N) is 1. The average Bonchev–Trinajstić information content (AvgIpc) is 3.02. The summed E-state index contributed by atoms with van der Waals surface area (Å²) in [6.07, 6.45) is 1.47. The number of halogens is 1. The van der Waals surface area contributed by atoms with Gasteiger partial charge in [-0.3, -0.25) is 4.79 Å². The third-order valence-electron chi connectivity index (χ3n) is 3.24. The molecule has 0 aliphatic carbocycles. The molecule has 0 aliphatic heterocycles.